The first-order valence-electron chi connectivity index (χ1n) is 5.65. The van der Waals surface area contributed by atoms with E-state index in [1.54, 1.807) is 6.92 Å². The Hall–Kier alpha value is -2.44. The van der Waals surface area contributed by atoms with Crippen LogP contribution in [-0.2, 0) is 0 Å². The van der Waals surface area contributed by atoms with Gasteiger partial charge < -0.3 is 10.6 Å². The molecule has 3 N–H and O–H groups in total. The van der Waals surface area contributed by atoms with E-state index >= 15 is 0 Å². The highest BCUT2D eigenvalue weighted by atomic mass is 19.1. The molecule has 100 valence electrons. The van der Waals surface area contributed by atoms with Gasteiger partial charge in [-0.1, -0.05) is 0 Å². The Morgan fingerprint density at radius 3 is 2.58 bits per heavy atom. The van der Waals surface area contributed by atoms with Crippen LogP contribution < -0.4 is 10.6 Å². The lowest BCUT2D eigenvalue weighted by Gasteiger charge is -2.09. The van der Waals surface area contributed by atoms with Crippen molar-refractivity contribution in [2.75, 3.05) is 17.2 Å². The van der Waals surface area contributed by atoms with Gasteiger partial charge in [0.25, 0.3) is 5.91 Å². The zero-order chi connectivity index (χ0) is 13.8. The van der Waals surface area contributed by atoms with Gasteiger partial charge in [-0.25, -0.2) is 8.78 Å². The highest BCUT2D eigenvalue weighted by Gasteiger charge is 2.15. The van der Waals surface area contributed by atoms with Gasteiger partial charge in [0.2, 0.25) is 0 Å². The Labute approximate surface area is 108 Å². The standard InChI is InChI=1S/C12H12F2N4O/c1-2-15-11-9(13)3-7(4-10(11)14)12(19)18-8-5-16-17-6-8/h3-6,15H,2H2,1H3,(H,16,17)(H,18,19). The fourth-order valence-corrected chi connectivity index (χ4v) is 1.57. The molecule has 0 radical (unpaired) electrons. The highest BCUT2D eigenvalue weighted by Crippen LogP contribution is 2.21. The van der Waals surface area contributed by atoms with E-state index in [1.807, 2.05) is 0 Å². The first-order chi connectivity index (χ1) is 9.11. The molecule has 1 amide bonds. The predicted molar refractivity (Wildman–Crippen MR) is 67.1 cm³/mol. The van der Waals surface area contributed by atoms with E-state index in [1.165, 1.54) is 12.4 Å². The van der Waals surface area contributed by atoms with Gasteiger partial charge in [-0.15, -0.1) is 0 Å². The molecular formula is C12H12F2N4O. The van der Waals surface area contributed by atoms with Crippen molar-refractivity contribution < 1.29 is 13.6 Å². The fourth-order valence-electron chi connectivity index (χ4n) is 1.57. The Kier molecular flexibility index (Phi) is 3.74. The van der Waals surface area contributed by atoms with Gasteiger partial charge >= 0.3 is 0 Å². The molecule has 0 atom stereocenters. The molecule has 5 nitrogen and oxygen atoms in total. The Morgan fingerprint density at radius 2 is 2.05 bits per heavy atom. The minimum atomic E-state index is -0.806. The van der Waals surface area contributed by atoms with Gasteiger partial charge in [-0.05, 0) is 19.1 Å². The highest BCUT2D eigenvalue weighted by molar-refractivity contribution is 6.04. The number of nitrogens with zero attached hydrogens (tertiary/aromatic N) is 1. The molecule has 0 aliphatic heterocycles. The van der Waals surface area contributed by atoms with Crippen LogP contribution >= 0.6 is 0 Å². The van der Waals surface area contributed by atoms with Crippen LogP contribution in [-0.4, -0.2) is 22.6 Å². The van der Waals surface area contributed by atoms with E-state index in [2.05, 4.69) is 20.8 Å². The minimum Gasteiger partial charge on any atom is -0.381 e. The summed E-state index contributed by atoms with van der Waals surface area (Å²) in [5.41, 5.74) is 0.0850. The maximum atomic E-state index is 13.6. The molecule has 0 spiro atoms. The molecule has 1 aromatic heterocycles. The maximum Gasteiger partial charge on any atom is 0.255 e. The van der Waals surface area contributed by atoms with Crippen molar-refractivity contribution in [3.63, 3.8) is 0 Å². The molecule has 0 aliphatic rings. The third kappa shape index (κ3) is 2.87. The monoisotopic (exact) mass is 266 g/mol. The van der Waals surface area contributed by atoms with Crippen LogP contribution in [0.25, 0.3) is 0 Å². The van der Waals surface area contributed by atoms with Crippen LogP contribution in [0.2, 0.25) is 0 Å². The molecule has 0 aliphatic carbocycles. The predicted octanol–water partition coefficient (Wildman–Crippen LogP) is 2.37. The molecule has 2 rings (SSSR count). The lowest BCUT2D eigenvalue weighted by Crippen LogP contribution is -2.13. The zero-order valence-electron chi connectivity index (χ0n) is 10.1. The van der Waals surface area contributed by atoms with Gasteiger partial charge in [-0.2, -0.15) is 5.10 Å². The van der Waals surface area contributed by atoms with Crippen molar-refractivity contribution in [3.05, 3.63) is 41.7 Å². The van der Waals surface area contributed by atoms with Crippen LogP contribution in [0.4, 0.5) is 20.2 Å². The van der Waals surface area contributed by atoms with Crippen molar-refractivity contribution in [3.8, 4) is 0 Å². The van der Waals surface area contributed by atoms with Gasteiger partial charge in [0.15, 0.2) is 0 Å². The summed E-state index contributed by atoms with van der Waals surface area (Å²) in [6.07, 6.45) is 2.84. The molecule has 19 heavy (non-hydrogen) atoms. The number of H-pyrrole nitrogens is 1. The second-order valence-corrected chi connectivity index (χ2v) is 3.79. The molecule has 0 fully saturated rings. The van der Waals surface area contributed by atoms with Crippen LogP contribution in [0.5, 0.6) is 0 Å². The second kappa shape index (κ2) is 5.47. The van der Waals surface area contributed by atoms with E-state index in [9.17, 15) is 13.6 Å². The van der Waals surface area contributed by atoms with Gasteiger partial charge in [-0.3, -0.25) is 9.89 Å². The molecule has 1 aromatic carbocycles. The second-order valence-electron chi connectivity index (χ2n) is 3.79. The smallest absolute Gasteiger partial charge is 0.255 e. The quantitative estimate of drug-likeness (QED) is 0.795. The summed E-state index contributed by atoms with van der Waals surface area (Å²) in [7, 11) is 0. The summed E-state index contributed by atoms with van der Waals surface area (Å²) in [5.74, 6) is -2.22. The molecular weight excluding hydrogens is 254 g/mol. The number of rotatable bonds is 4. The Bertz CT molecular complexity index is 560. The lowest BCUT2D eigenvalue weighted by atomic mass is 10.1. The number of aromatic amines is 1. The van der Waals surface area contributed by atoms with Crippen LogP contribution in [0.15, 0.2) is 24.5 Å². The number of nitrogens with one attached hydrogen (secondary N) is 3. The van der Waals surface area contributed by atoms with E-state index in [4.69, 9.17) is 0 Å². The summed E-state index contributed by atoms with van der Waals surface area (Å²) < 4.78 is 27.3. The van der Waals surface area contributed by atoms with Crippen LogP contribution in [0.1, 0.15) is 17.3 Å². The van der Waals surface area contributed by atoms with Crippen molar-refractivity contribution in [2.24, 2.45) is 0 Å². The zero-order valence-corrected chi connectivity index (χ0v) is 10.1. The van der Waals surface area contributed by atoms with E-state index in [0.29, 0.717) is 12.2 Å². The summed E-state index contributed by atoms with van der Waals surface area (Å²) in [4.78, 5) is 11.8. The summed E-state index contributed by atoms with van der Waals surface area (Å²) >= 11 is 0. The number of aromatic nitrogens is 2. The minimum absolute atomic E-state index is 0.0992. The summed E-state index contributed by atoms with van der Waals surface area (Å²) in [5, 5.41) is 11.2. The Balaban J connectivity index is 2.23. The molecule has 7 heteroatoms. The first kappa shape index (κ1) is 13.0. The average Bonchev–Trinajstić information content (AvgIpc) is 2.86. The molecule has 0 saturated heterocycles. The van der Waals surface area contributed by atoms with E-state index < -0.39 is 17.5 Å². The first-order valence-corrected chi connectivity index (χ1v) is 5.65. The number of benzene rings is 1. The number of amides is 1. The largest absolute Gasteiger partial charge is 0.381 e. The topological polar surface area (TPSA) is 69.8 Å². The lowest BCUT2D eigenvalue weighted by molar-refractivity contribution is 0.102. The number of hydrogen-bond donors (Lipinski definition) is 3. The fraction of sp³-hybridized carbons (Fsp3) is 0.167. The van der Waals surface area contributed by atoms with Crippen molar-refractivity contribution in [1.82, 2.24) is 10.2 Å². The number of anilines is 2. The SMILES string of the molecule is CCNc1c(F)cc(C(=O)Nc2cn[nH]c2)cc1F. The number of carbonyl (C=O) groups excluding carboxylic acids is 1. The summed E-state index contributed by atoms with van der Waals surface area (Å²) in [6.45, 7) is 2.10. The van der Waals surface area contributed by atoms with E-state index in [-0.39, 0.29) is 11.3 Å². The molecule has 1 heterocycles. The van der Waals surface area contributed by atoms with Gasteiger partial charge in [0.05, 0.1) is 11.9 Å². The van der Waals surface area contributed by atoms with Gasteiger partial charge in [0.1, 0.15) is 17.3 Å². The molecule has 0 saturated carbocycles. The average molecular weight is 266 g/mol. The molecule has 0 unspecified atom stereocenters. The maximum absolute atomic E-state index is 13.6. The third-order valence-corrected chi connectivity index (χ3v) is 2.41. The van der Waals surface area contributed by atoms with E-state index in [0.717, 1.165) is 12.1 Å². The molecule has 2 aromatic rings. The van der Waals surface area contributed by atoms with Crippen molar-refractivity contribution >= 4 is 17.3 Å². The normalized spacial score (nSPS) is 10.3. The third-order valence-electron chi connectivity index (χ3n) is 2.41. The van der Waals surface area contributed by atoms with Crippen LogP contribution in [0, 0.1) is 11.6 Å². The van der Waals surface area contributed by atoms with Crippen molar-refractivity contribution in [2.45, 2.75) is 6.92 Å². The number of hydrogen-bond acceptors (Lipinski definition) is 3. The molecule has 0 bridgehead atoms. The Morgan fingerprint density at radius 1 is 1.37 bits per heavy atom. The summed E-state index contributed by atoms with van der Waals surface area (Å²) in [6, 6.07) is 1.97. The van der Waals surface area contributed by atoms with Crippen LogP contribution in [0.3, 0.4) is 0 Å². The van der Waals surface area contributed by atoms with Crippen molar-refractivity contribution in [1.29, 1.82) is 0 Å². The number of halogens is 2. The number of carbonyl (C=O) groups is 1. The van der Waals surface area contributed by atoms with Gasteiger partial charge in [0, 0.05) is 18.3 Å².